The van der Waals surface area contributed by atoms with E-state index in [9.17, 15) is 4.79 Å². The quantitative estimate of drug-likeness (QED) is 0.154. The number of carbonyl (C=O) groups is 2. The molecule has 252 valence electrons. The molecule has 0 aromatic heterocycles. The molecule has 0 radical (unpaired) electrons. The molecule has 47 heavy (non-hydrogen) atoms. The second-order valence-corrected chi connectivity index (χ2v) is 25.4. The number of benzene rings is 3. The standard InChI is InChI=1S/C39H54N2O4Si2/c1-27(2)46(28(3)4,29(5)6)45-30(7)35-36(40-34(26-44-38(40)43)31-20-14-11-15-21-31)37(42)41(35)47(39(8,9)10,32-22-16-12-17-23-32)33-24-18-13-19-25-33/h11-25,27-30,34-36H,26H2,1-10H3/t30-,34+,35+,36+/m0/s1. The highest BCUT2D eigenvalue weighted by Gasteiger charge is 2.68. The normalized spacial score (nSPS) is 21.4. The highest BCUT2D eigenvalue weighted by atomic mass is 28.4. The molecule has 0 spiro atoms. The van der Waals surface area contributed by atoms with Gasteiger partial charge in [0, 0.05) is 0 Å². The van der Waals surface area contributed by atoms with Gasteiger partial charge in [-0.05, 0) is 44.5 Å². The lowest BCUT2D eigenvalue weighted by molar-refractivity contribution is -0.155. The van der Waals surface area contributed by atoms with E-state index in [2.05, 4.69) is 122 Å². The van der Waals surface area contributed by atoms with Gasteiger partial charge in [-0.2, -0.15) is 0 Å². The first-order valence-corrected chi connectivity index (χ1v) is 21.4. The summed E-state index contributed by atoms with van der Waals surface area (Å²) in [5.41, 5.74) is 2.08. The van der Waals surface area contributed by atoms with E-state index in [-0.39, 0.29) is 35.7 Å². The third-order valence-electron chi connectivity index (χ3n) is 10.9. The Morgan fingerprint density at radius 3 is 1.60 bits per heavy atom. The minimum Gasteiger partial charge on any atom is -0.447 e. The van der Waals surface area contributed by atoms with Gasteiger partial charge in [-0.15, -0.1) is 0 Å². The Bertz CT molecular complexity index is 1460. The number of amides is 2. The summed E-state index contributed by atoms with van der Waals surface area (Å²) in [6.45, 7) is 23.0. The zero-order valence-corrected chi connectivity index (χ0v) is 31.9. The summed E-state index contributed by atoms with van der Waals surface area (Å²) in [4.78, 5) is 30.7. The van der Waals surface area contributed by atoms with E-state index in [0.29, 0.717) is 16.6 Å². The Kier molecular flexibility index (Phi) is 9.98. The molecule has 5 rings (SSSR count). The number of cyclic esters (lactones) is 1. The van der Waals surface area contributed by atoms with Crippen LogP contribution in [0.1, 0.15) is 80.8 Å². The van der Waals surface area contributed by atoms with Crippen LogP contribution < -0.4 is 10.4 Å². The van der Waals surface area contributed by atoms with E-state index in [1.807, 2.05) is 42.5 Å². The minimum absolute atomic E-state index is 0.0227. The van der Waals surface area contributed by atoms with Crippen molar-refractivity contribution in [3.05, 3.63) is 96.6 Å². The first-order valence-electron chi connectivity index (χ1n) is 17.3. The molecule has 2 saturated heterocycles. The number of hydrogen-bond acceptors (Lipinski definition) is 4. The smallest absolute Gasteiger partial charge is 0.411 e. The third-order valence-corrected chi connectivity index (χ3v) is 22.9. The SMILES string of the molecule is CC(C)[Si](O[C@@H](C)[C@@H]1[C@@H](N2C(=O)OC[C@@H]2c2ccccc2)C(=O)N1[Si](c1ccccc1)(c1ccccc1)C(C)(C)C)(C(C)C)C(C)C. The summed E-state index contributed by atoms with van der Waals surface area (Å²) < 4.78 is 15.5. The third kappa shape index (κ3) is 5.70. The van der Waals surface area contributed by atoms with Crippen LogP contribution in [-0.2, 0) is 14.0 Å². The molecule has 2 amide bonds. The summed E-state index contributed by atoms with van der Waals surface area (Å²) in [7, 11) is -5.46. The van der Waals surface area contributed by atoms with Crippen molar-refractivity contribution in [1.82, 2.24) is 9.47 Å². The Labute approximate surface area is 284 Å². The molecule has 3 aromatic carbocycles. The summed E-state index contributed by atoms with van der Waals surface area (Å²) >= 11 is 0. The molecule has 0 saturated carbocycles. The van der Waals surface area contributed by atoms with Gasteiger partial charge < -0.3 is 13.7 Å². The molecular weight excluding hydrogens is 617 g/mol. The average molecular weight is 671 g/mol. The highest BCUT2D eigenvalue weighted by molar-refractivity contribution is 7.03. The summed E-state index contributed by atoms with van der Waals surface area (Å²) in [5, 5.41) is 2.04. The van der Waals surface area contributed by atoms with Crippen molar-refractivity contribution in [3.63, 3.8) is 0 Å². The van der Waals surface area contributed by atoms with Gasteiger partial charge >= 0.3 is 6.09 Å². The van der Waals surface area contributed by atoms with Crippen LogP contribution in [0.15, 0.2) is 91.0 Å². The van der Waals surface area contributed by atoms with E-state index in [4.69, 9.17) is 9.16 Å². The summed E-state index contributed by atoms with van der Waals surface area (Å²) in [6, 6.07) is 29.7. The van der Waals surface area contributed by atoms with Gasteiger partial charge in [0.2, 0.25) is 22.5 Å². The zero-order valence-electron chi connectivity index (χ0n) is 29.9. The fourth-order valence-corrected chi connectivity index (χ4v) is 20.7. The Hall–Kier alpha value is -3.21. The number of ether oxygens (including phenoxy) is 1. The Balaban J connectivity index is 1.75. The van der Waals surface area contributed by atoms with Crippen LogP contribution in [0.2, 0.25) is 21.7 Å². The summed E-state index contributed by atoms with van der Waals surface area (Å²) in [6.07, 6.45) is -0.750. The monoisotopic (exact) mass is 670 g/mol. The van der Waals surface area contributed by atoms with Crippen LogP contribution in [0, 0.1) is 0 Å². The lowest BCUT2D eigenvalue weighted by atomic mass is 9.91. The first-order chi connectivity index (χ1) is 22.2. The molecular formula is C39H54N2O4Si2. The van der Waals surface area contributed by atoms with Crippen LogP contribution >= 0.6 is 0 Å². The van der Waals surface area contributed by atoms with Crippen LogP contribution in [0.5, 0.6) is 0 Å². The Morgan fingerprint density at radius 1 is 0.723 bits per heavy atom. The minimum atomic E-state index is -3.09. The van der Waals surface area contributed by atoms with Crippen molar-refractivity contribution in [1.29, 1.82) is 0 Å². The van der Waals surface area contributed by atoms with Crippen molar-refractivity contribution < 1.29 is 18.8 Å². The molecule has 8 heteroatoms. The fraction of sp³-hybridized carbons (Fsp3) is 0.487. The van der Waals surface area contributed by atoms with Gasteiger partial charge in [0.05, 0.1) is 18.2 Å². The fourth-order valence-electron chi connectivity index (χ4n) is 9.14. The number of carbonyl (C=O) groups excluding carboxylic acids is 2. The van der Waals surface area contributed by atoms with Crippen LogP contribution in [0.25, 0.3) is 0 Å². The van der Waals surface area contributed by atoms with E-state index in [1.165, 1.54) is 10.4 Å². The van der Waals surface area contributed by atoms with Gasteiger partial charge in [0.1, 0.15) is 12.6 Å². The lowest BCUT2D eigenvalue weighted by Crippen LogP contribution is -2.88. The molecule has 0 unspecified atom stereocenters. The van der Waals surface area contributed by atoms with Gasteiger partial charge in [-0.3, -0.25) is 9.69 Å². The van der Waals surface area contributed by atoms with Crippen LogP contribution in [0.4, 0.5) is 4.79 Å². The maximum absolute atomic E-state index is 15.3. The van der Waals surface area contributed by atoms with Crippen molar-refractivity contribution >= 4 is 38.9 Å². The lowest BCUT2D eigenvalue weighted by Gasteiger charge is -2.64. The molecule has 0 bridgehead atoms. The number of rotatable bonds is 11. The van der Waals surface area contributed by atoms with E-state index < -0.39 is 28.7 Å². The predicted octanol–water partition coefficient (Wildman–Crippen LogP) is 7.90. The highest BCUT2D eigenvalue weighted by Crippen LogP contribution is 2.49. The number of hydrogen-bond donors (Lipinski definition) is 0. The molecule has 0 N–H and O–H groups in total. The summed E-state index contributed by atoms with van der Waals surface area (Å²) in [5.74, 6) is -0.0227. The maximum Gasteiger partial charge on any atom is 0.411 e. The topological polar surface area (TPSA) is 59.1 Å². The second-order valence-electron chi connectivity index (χ2n) is 15.4. The zero-order chi connectivity index (χ0) is 34.3. The van der Waals surface area contributed by atoms with Crippen molar-refractivity contribution in [2.24, 2.45) is 0 Å². The van der Waals surface area contributed by atoms with Crippen molar-refractivity contribution in [2.45, 2.75) is 115 Å². The van der Waals surface area contributed by atoms with Gasteiger partial charge in [0.25, 0.3) is 0 Å². The van der Waals surface area contributed by atoms with E-state index >= 15 is 4.79 Å². The second kappa shape index (κ2) is 13.4. The molecule has 2 aliphatic heterocycles. The van der Waals surface area contributed by atoms with Gasteiger partial charge in [-0.25, -0.2) is 4.79 Å². The molecule has 4 atom stereocenters. The van der Waals surface area contributed by atoms with Crippen molar-refractivity contribution in [3.8, 4) is 0 Å². The Morgan fingerprint density at radius 2 is 1.17 bits per heavy atom. The maximum atomic E-state index is 15.3. The number of β-lactam (4-membered cyclic amide) rings is 1. The largest absolute Gasteiger partial charge is 0.447 e. The molecule has 6 nitrogen and oxygen atoms in total. The molecule has 2 fully saturated rings. The van der Waals surface area contributed by atoms with Crippen molar-refractivity contribution in [2.75, 3.05) is 6.61 Å². The van der Waals surface area contributed by atoms with E-state index in [1.54, 1.807) is 4.90 Å². The van der Waals surface area contributed by atoms with Crippen LogP contribution in [0.3, 0.4) is 0 Å². The van der Waals surface area contributed by atoms with Crippen LogP contribution in [-0.4, -0.2) is 62.8 Å². The first kappa shape index (κ1) is 35.1. The predicted molar refractivity (Wildman–Crippen MR) is 196 cm³/mol. The molecule has 3 aromatic rings. The molecule has 2 aliphatic rings. The number of nitrogens with zero attached hydrogens (tertiary/aromatic N) is 2. The molecule has 0 aliphatic carbocycles. The molecule has 2 heterocycles. The van der Waals surface area contributed by atoms with Gasteiger partial charge in [-0.1, -0.05) is 153 Å². The van der Waals surface area contributed by atoms with Gasteiger partial charge in [0.15, 0.2) is 0 Å². The average Bonchev–Trinajstić information content (AvgIpc) is 3.40. The van der Waals surface area contributed by atoms with E-state index in [0.717, 1.165) is 5.56 Å².